The summed E-state index contributed by atoms with van der Waals surface area (Å²) in [4.78, 5) is 21.1. The van der Waals surface area contributed by atoms with Gasteiger partial charge in [-0.05, 0) is 49.1 Å². The molecule has 0 saturated heterocycles. The molecule has 1 aliphatic heterocycles. The molecule has 0 bridgehead atoms. The quantitative estimate of drug-likeness (QED) is 0.0980. The molecule has 0 spiro atoms. The first kappa shape index (κ1) is 32.5. The van der Waals surface area contributed by atoms with Gasteiger partial charge in [-0.3, -0.25) is 14.2 Å². The van der Waals surface area contributed by atoms with Crippen molar-refractivity contribution in [2.24, 2.45) is 17.3 Å². The zero-order valence-electron chi connectivity index (χ0n) is 25.2. The van der Waals surface area contributed by atoms with Gasteiger partial charge in [0.15, 0.2) is 5.78 Å². The Kier molecular flexibility index (Phi) is 10.9. The summed E-state index contributed by atoms with van der Waals surface area (Å²) in [6.45, 7) is 14.7. The van der Waals surface area contributed by atoms with Gasteiger partial charge in [0.2, 0.25) is 5.88 Å². The monoisotopic (exact) mass is 733 g/mol. The Morgan fingerprint density at radius 1 is 1.05 bits per heavy atom. The van der Waals surface area contributed by atoms with Crippen LogP contribution in [-0.4, -0.2) is 25.3 Å². The summed E-state index contributed by atoms with van der Waals surface area (Å²) >= 11 is 0. The smallest absolute Gasteiger partial charge is 0.214 e. The van der Waals surface area contributed by atoms with Crippen molar-refractivity contribution in [2.75, 3.05) is 0 Å². The van der Waals surface area contributed by atoms with Gasteiger partial charge in [-0.25, -0.2) is 4.98 Å². The third-order valence-corrected chi connectivity index (χ3v) is 7.52. The summed E-state index contributed by atoms with van der Waals surface area (Å²) in [7, 11) is 0. The Balaban J connectivity index is 0.000000253. The van der Waals surface area contributed by atoms with Gasteiger partial charge in [0.05, 0.1) is 17.3 Å². The van der Waals surface area contributed by atoms with E-state index in [2.05, 4.69) is 50.0 Å². The number of carbonyl (C=O) groups is 1. The second-order valence-electron chi connectivity index (χ2n) is 11.8. The SMILES string of the molecule is CC(C)(C)Cc1nc2ccnc3n2c1Oc1cc2ccccc2[c-]c1-3.CCC(CC)C(=O)/C=C(\O)C(CC)CC.[Ir]. The van der Waals surface area contributed by atoms with E-state index in [1.165, 1.54) is 6.08 Å². The van der Waals surface area contributed by atoms with E-state index in [1.807, 2.05) is 50.3 Å². The summed E-state index contributed by atoms with van der Waals surface area (Å²) in [6, 6.07) is 15.6. The average molecular weight is 733 g/mol. The number of aliphatic hydroxyl groups is 1. The summed E-state index contributed by atoms with van der Waals surface area (Å²) in [5.41, 5.74) is 2.85. The fraction of sp³-hybridized carbons (Fsp3) is 0.441. The Hall–Kier alpha value is -3.02. The van der Waals surface area contributed by atoms with Crippen LogP contribution in [0.4, 0.5) is 0 Å². The second-order valence-corrected chi connectivity index (χ2v) is 11.8. The molecule has 0 saturated carbocycles. The van der Waals surface area contributed by atoms with Crippen molar-refractivity contribution in [1.82, 2.24) is 14.4 Å². The summed E-state index contributed by atoms with van der Waals surface area (Å²) in [5.74, 6) is 2.96. The topological polar surface area (TPSA) is 76.7 Å². The molecular weight excluding hydrogens is 691 g/mol. The molecule has 0 fully saturated rings. The largest absolute Gasteiger partial charge is 0.512 e. The van der Waals surface area contributed by atoms with Crippen molar-refractivity contribution in [3.63, 3.8) is 0 Å². The number of ketones is 1. The molecule has 2 aromatic heterocycles. The third-order valence-electron chi connectivity index (χ3n) is 7.52. The minimum absolute atomic E-state index is 0. The van der Waals surface area contributed by atoms with E-state index in [9.17, 15) is 9.90 Å². The molecule has 1 aliphatic rings. The van der Waals surface area contributed by atoms with Crippen LogP contribution in [0.15, 0.2) is 54.4 Å². The van der Waals surface area contributed by atoms with Gasteiger partial charge >= 0.3 is 0 Å². The van der Waals surface area contributed by atoms with Gasteiger partial charge < -0.3 is 9.84 Å². The fourth-order valence-electron chi connectivity index (χ4n) is 5.19. The van der Waals surface area contributed by atoms with E-state index in [1.54, 1.807) is 6.20 Å². The van der Waals surface area contributed by atoms with Crippen molar-refractivity contribution >= 4 is 22.2 Å². The molecule has 7 heteroatoms. The number of imidazole rings is 1. The number of carbonyl (C=O) groups excluding carboxylic acids is 1. The number of nitrogens with zero attached hydrogens (tertiary/aromatic N) is 3. The van der Waals surface area contributed by atoms with Gasteiger partial charge in [-0.1, -0.05) is 78.1 Å². The molecule has 1 radical (unpaired) electrons. The average Bonchev–Trinajstić information content (AvgIpc) is 3.25. The number of ether oxygens (including phenoxy) is 1. The van der Waals surface area contributed by atoms with E-state index in [0.29, 0.717) is 0 Å². The first-order chi connectivity index (χ1) is 19.1. The van der Waals surface area contributed by atoms with Crippen molar-refractivity contribution in [2.45, 2.75) is 80.6 Å². The van der Waals surface area contributed by atoms with Gasteiger partial charge in [0.1, 0.15) is 11.3 Å². The van der Waals surface area contributed by atoms with Crippen molar-refractivity contribution in [3.05, 3.63) is 66.2 Å². The number of hydrogen-bond donors (Lipinski definition) is 1. The molecule has 2 aromatic carbocycles. The molecule has 1 N–H and O–H groups in total. The van der Waals surface area contributed by atoms with E-state index < -0.39 is 0 Å². The number of fused-ring (bicyclic) bond motifs is 3. The molecule has 0 aliphatic carbocycles. The third kappa shape index (κ3) is 7.25. The van der Waals surface area contributed by atoms with Crippen LogP contribution in [0.3, 0.4) is 0 Å². The van der Waals surface area contributed by atoms with Crippen LogP contribution in [-0.2, 0) is 31.3 Å². The van der Waals surface area contributed by atoms with Gasteiger partial charge in [-0.15, -0.1) is 17.5 Å². The van der Waals surface area contributed by atoms with Gasteiger partial charge in [0.25, 0.3) is 0 Å². The predicted molar refractivity (Wildman–Crippen MR) is 162 cm³/mol. The minimum Gasteiger partial charge on any atom is -0.512 e. The maximum atomic E-state index is 11.7. The maximum absolute atomic E-state index is 11.7. The number of rotatable bonds is 8. The molecule has 3 heterocycles. The summed E-state index contributed by atoms with van der Waals surface area (Å²) in [6.07, 6.45) is 7.56. The van der Waals surface area contributed by atoms with Gasteiger partial charge in [0, 0.05) is 44.2 Å². The molecule has 6 nitrogen and oxygen atoms in total. The molecule has 0 amide bonds. The molecule has 4 aromatic rings. The zero-order valence-corrected chi connectivity index (χ0v) is 27.6. The van der Waals surface area contributed by atoms with Crippen LogP contribution < -0.4 is 4.74 Å². The molecule has 0 unspecified atom stereocenters. The normalized spacial score (nSPS) is 12.6. The molecule has 221 valence electrons. The Bertz CT molecular complexity index is 1530. The maximum Gasteiger partial charge on any atom is 0.214 e. The zero-order chi connectivity index (χ0) is 29.0. The summed E-state index contributed by atoms with van der Waals surface area (Å²) < 4.78 is 8.31. The summed E-state index contributed by atoms with van der Waals surface area (Å²) in [5, 5.41) is 11.9. The van der Waals surface area contributed by atoms with Crippen molar-refractivity contribution in [3.8, 4) is 23.0 Å². The number of benzene rings is 2. The minimum atomic E-state index is 0. The standard InChI is InChI=1S/C21H18N3O.C13H24O2.Ir/c1-21(2,3)12-16-20-24-18(23-16)8-9-22-19(24)15-10-13-6-4-5-7-14(13)11-17(15)25-20;1-5-10(6-2)12(14)9-13(15)11(7-3)8-4;/h4-9,11H,12H2,1-3H3;9-11,14H,5-8H2,1-4H3;/q-1;;/b;12-9-;. The van der Waals surface area contributed by atoms with Crippen LogP contribution in [0, 0.1) is 23.3 Å². The van der Waals surface area contributed by atoms with Crippen molar-refractivity contribution in [1.29, 1.82) is 0 Å². The first-order valence-corrected chi connectivity index (χ1v) is 14.5. The molecule has 0 atom stereocenters. The predicted octanol–water partition coefficient (Wildman–Crippen LogP) is 8.91. The van der Waals surface area contributed by atoms with Crippen LogP contribution in [0.1, 0.15) is 79.8 Å². The molecular formula is C34H42IrN3O3-. The van der Waals surface area contributed by atoms with Crippen LogP contribution in [0.2, 0.25) is 0 Å². The second kappa shape index (κ2) is 13.8. The number of hydrogen-bond acceptors (Lipinski definition) is 5. The van der Waals surface area contributed by atoms with E-state index >= 15 is 0 Å². The van der Waals surface area contributed by atoms with E-state index in [-0.39, 0.29) is 48.9 Å². The Labute approximate surface area is 257 Å². The number of allylic oxidation sites excluding steroid dienone is 2. The van der Waals surface area contributed by atoms with E-state index in [0.717, 1.165) is 77.2 Å². The van der Waals surface area contributed by atoms with E-state index in [4.69, 9.17) is 9.72 Å². The fourth-order valence-corrected chi connectivity index (χ4v) is 5.19. The van der Waals surface area contributed by atoms with Crippen LogP contribution >= 0.6 is 0 Å². The first-order valence-electron chi connectivity index (χ1n) is 14.5. The van der Waals surface area contributed by atoms with Crippen molar-refractivity contribution < 1.29 is 34.7 Å². The van der Waals surface area contributed by atoms with Crippen LogP contribution in [0.25, 0.3) is 27.8 Å². The molecule has 5 rings (SSSR count). The van der Waals surface area contributed by atoms with Gasteiger partial charge in [-0.2, -0.15) is 0 Å². The number of aromatic nitrogens is 3. The Morgan fingerprint density at radius 2 is 1.71 bits per heavy atom. The van der Waals surface area contributed by atoms with Crippen LogP contribution in [0.5, 0.6) is 11.6 Å². The Morgan fingerprint density at radius 3 is 2.34 bits per heavy atom. The number of aliphatic hydroxyl groups excluding tert-OH is 1. The molecule has 41 heavy (non-hydrogen) atoms.